The molecule has 1 atom stereocenters. The first-order valence-corrected chi connectivity index (χ1v) is 13.0. The summed E-state index contributed by atoms with van der Waals surface area (Å²) >= 11 is 0. The smallest absolute Gasteiger partial charge is 0.490 e. The van der Waals surface area contributed by atoms with Gasteiger partial charge in [-0.15, -0.1) is 13.2 Å². The topological polar surface area (TPSA) is 101 Å². The van der Waals surface area contributed by atoms with E-state index in [1.54, 1.807) is 16.7 Å². The second kappa shape index (κ2) is 12.0. The van der Waals surface area contributed by atoms with E-state index in [0.717, 1.165) is 37.2 Å². The number of aromatic nitrogens is 2. The van der Waals surface area contributed by atoms with Gasteiger partial charge in [0.15, 0.2) is 0 Å². The van der Waals surface area contributed by atoms with Crippen LogP contribution in [0.15, 0.2) is 54.7 Å². The van der Waals surface area contributed by atoms with Crippen molar-refractivity contribution in [1.82, 2.24) is 9.55 Å². The molecule has 0 aliphatic carbocycles. The number of nitro groups is 1. The number of fused-ring (bicyclic) bond motifs is 1. The van der Waals surface area contributed by atoms with E-state index >= 15 is 0 Å². The van der Waals surface area contributed by atoms with Crippen LogP contribution in [0.3, 0.4) is 0 Å². The molecule has 214 valence electrons. The van der Waals surface area contributed by atoms with Crippen molar-refractivity contribution in [1.29, 1.82) is 0 Å². The van der Waals surface area contributed by atoms with Crippen molar-refractivity contribution >= 4 is 11.5 Å². The number of piperidine rings is 1. The van der Waals surface area contributed by atoms with Gasteiger partial charge in [-0.2, -0.15) is 0 Å². The minimum atomic E-state index is -4.70. The highest BCUT2D eigenvalue weighted by Gasteiger charge is 2.31. The summed E-state index contributed by atoms with van der Waals surface area (Å²) < 4.78 is 59.8. The number of ether oxygens (including phenoxy) is 4. The fraction of sp³-hybridized carbons (Fsp3) is 0.444. The van der Waals surface area contributed by atoms with E-state index < -0.39 is 11.3 Å². The summed E-state index contributed by atoms with van der Waals surface area (Å²) in [4.78, 5) is 16.6. The molecule has 2 aromatic carbocycles. The maximum absolute atomic E-state index is 12.3. The van der Waals surface area contributed by atoms with Gasteiger partial charge < -0.3 is 34.0 Å². The highest BCUT2D eigenvalue weighted by Crippen LogP contribution is 2.28. The molecule has 3 heterocycles. The molecule has 13 heteroatoms. The summed E-state index contributed by atoms with van der Waals surface area (Å²) in [7, 11) is 0. The Hall–Kier alpha value is -4.00. The largest absolute Gasteiger partial charge is 0.573 e. The minimum Gasteiger partial charge on any atom is -0.490 e. The lowest BCUT2D eigenvalue weighted by Gasteiger charge is -2.33. The monoisotopic (exact) mass is 562 g/mol. The summed E-state index contributed by atoms with van der Waals surface area (Å²) in [5.74, 6) is 0.661. The maximum Gasteiger partial charge on any atom is 0.573 e. The van der Waals surface area contributed by atoms with Crippen molar-refractivity contribution in [3.63, 3.8) is 0 Å². The van der Waals surface area contributed by atoms with Crippen LogP contribution in [-0.2, 0) is 17.9 Å². The van der Waals surface area contributed by atoms with E-state index in [1.165, 1.54) is 18.3 Å². The highest BCUT2D eigenvalue weighted by atomic mass is 19.4. The Bertz CT molecular complexity index is 1270. The van der Waals surface area contributed by atoms with Crippen LogP contribution in [-0.4, -0.2) is 53.2 Å². The summed E-state index contributed by atoms with van der Waals surface area (Å²) in [6, 6.07) is 13.8. The maximum atomic E-state index is 12.3. The van der Waals surface area contributed by atoms with Gasteiger partial charge in [-0.3, -0.25) is 4.57 Å². The molecule has 1 fully saturated rings. The highest BCUT2D eigenvalue weighted by molar-refractivity contribution is 5.49. The molecular weight excluding hydrogens is 533 g/mol. The van der Waals surface area contributed by atoms with Crippen molar-refractivity contribution in [2.45, 2.75) is 44.9 Å². The van der Waals surface area contributed by atoms with Crippen LogP contribution in [0.4, 0.5) is 24.7 Å². The lowest BCUT2D eigenvalue weighted by molar-refractivity contribution is -0.389. The molecule has 2 aliphatic rings. The molecule has 1 unspecified atom stereocenters. The van der Waals surface area contributed by atoms with Crippen LogP contribution in [0.2, 0.25) is 0 Å². The third kappa shape index (κ3) is 7.34. The molecule has 5 rings (SSSR count). The zero-order chi connectivity index (χ0) is 28.1. The summed E-state index contributed by atoms with van der Waals surface area (Å²) in [5.41, 5.74) is 1.90. The predicted molar refractivity (Wildman–Crippen MR) is 138 cm³/mol. The van der Waals surface area contributed by atoms with Gasteiger partial charge >= 0.3 is 18.2 Å². The van der Waals surface area contributed by atoms with Crippen molar-refractivity contribution in [2.75, 3.05) is 31.2 Å². The van der Waals surface area contributed by atoms with Crippen LogP contribution in [0.1, 0.15) is 24.8 Å². The molecule has 0 radical (unpaired) electrons. The first kappa shape index (κ1) is 27.6. The van der Waals surface area contributed by atoms with Crippen molar-refractivity contribution < 1.29 is 37.0 Å². The van der Waals surface area contributed by atoms with E-state index in [0.29, 0.717) is 44.5 Å². The van der Waals surface area contributed by atoms with Gasteiger partial charge in [0, 0.05) is 43.3 Å². The number of aryl methyl sites for hydroxylation is 1. The molecule has 1 aromatic heterocycles. The number of hydrogen-bond donors (Lipinski definition) is 0. The van der Waals surface area contributed by atoms with Crippen LogP contribution in [0.25, 0.3) is 0 Å². The quantitative estimate of drug-likeness (QED) is 0.241. The second-order valence-corrected chi connectivity index (χ2v) is 9.80. The number of alkyl halides is 3. The molecule has 0 bridgehead atoms. The summed E-state index contributed by atoms with van der Waals surface area (Å²) in [6.07, 6.45) is -0.939. The molecular formula is C27H29F3N4O6. The Labute approximate surface area is 228 Å². The fourth-order valence-electron chi connectivity index (χ4n) is 4.77. The Morgan fingerprint density at radius 2 is 1.68 bits per heavy atom. The van der Waals surface area contributed by atoms with Crippen molar-refractivity contribution in [3.05, 3.63) is 70.4 Å². The van der Waals surface area contributed by atoms with Gasteiger partial charge in [0.05, 0.1) is 6.61 Å². The average Bonchev–Trinajstić information content (AvgIpc) is 3.37. The van der Waals surface area contributed by atoms with Gasteiger partial charge in [0.25, 0.3) is 0 Å². The zero-order valence-electron chi connectivity index (χ0n) is 21.6. The number of benzene rings is 2. The molecule has 0 N–H and O–H groups in total. The summed E-state index contributed by atoms with van der Waals surface area (Å²) in [6.45, 7) is 3.62. The molecule has 0 spiro atoms. The third-order valence-electron chi connectivity index (χ3n) is 6.91. The standard InChI is InChI=1S/C27H29F3N4O6/c28-27(29,30)40-23-5-1-19(2-6-23)16-37-17-20-9-12-32(13-10-20)21-3-7-22(8-4-21)38-18-24-11-14-33-15-25(34(35)36)31-26(33)39-24/h1-8,15,20,24H,9-14,16-18H2. The van der Waals surface area contributed by atoms with E-state index in [-0.39, 0.29) is 23.7 Å². The fourth-order valence-corrected chi connectivity index (χ4v) is 4.77. The molecule has 1 saturated heterocycles. The number of anilines is 1. The lowest BCUT2D eigenvalue weighted by Crippen LogP contribution is -2.35. The van der Waals surface area contributed by atoms with Gasteiger partial charge in [-0.25, -0.2) is 0 Å². The number of nitrogens with zero attached hydrogens (tertiary/aromatic N) is 4. The molecule has 0 saturated carbocycles. The van der Waals surface area contributed by atoms with Gasteiger partial charge in [0.2, 0.25) is 0 Å². The average molecular weight is 563 g/mol. The van der Waals surface area contributed by atoms with Crippen molar-refractivity contribution in [3.8, 4) is 17.5 Å². The van der Waals surface area contributed by atoms with Gasteiger partial charge in [-0.1, -0.05) is 12.1 Å². The molecule has 2 aliphatic heterocycles. The minimum absolute atomic E-state index is 0.226. The summed E-state index contributed by atoms with van der Waals surface area (Å²) in [5, 5.41) is 10.9. The Kier molecular flexibility index (Phi) is 8.29. The SMILES string of the molecule is O=[N+]([O-])c1cn2c(n1)OC(COc1ccc(N3CCC(COCc4ccc(OC(F)(F)F)cc4)CC3)cc1)CC2. The predicted octanol–water partition coefficient (Wildman–Crippen LogP) is 5.35. The number of hydrogen-bond acceptors (Lipinski definition) is 8. The molecule has 10 nitrogen and oxygen atoms in total. The number of halogens is 3. The van der Waals surface area contributed by atoms with Gasteiger partial charge in [0.1, 0.15) is 30.4 Å². The van der Waals surface area contributed by atoms with Crippen LogP contribution >= 0.6 is 0 Å². The normalized spacial score (nSPS) is 17.7. The van der Waals surface area contributed by atoms with Crippen LogP contribution in [0.5, 0.6) is 17.5 Å². The van der Waals surface area contributed by atoms with E-state index in [1.807, 2.05) is 24.3 Å². The zero-order valence-corrected chi connectivity index (χ0v) is 21.6. The van der Waals surface area contributed by atoms with Crippen molar-refractivity contribution in [2.24, 2.45) is 5.92 Å². The molecule has 3 aromatic rings. The van der Waals surface area contributed by atoms with Gasteiger partial charge in [-0.05, 0) is 65.6 Å². The second-order valence-electron chi connectivity index (χ2n) is 9.80. The molecule has 0 amide bonds. The van der Waals surface area contributed by atoms with Crippen LogP contribution in [0, 0.1) is 16.0 Å². The lowest BCUT2D eigenvalue weighted by atomic mass is 9.97. The Morgan fingerprint density at radius 3 is 2.35 bits per heavy atom. The Morgan fingerprint density at radius 1 is 0.975 bits per heavy atom. The number of imidazole rings is 1. The number of rotatable bonds is 10. The first-order valence-electron chi connectivity index (χ1n) is 13.0. The Balaban J connectivity index is 1.01. The first-order chi connectivity index (χ1) is 19.2. The van der Waals surface area contributed by atoms with Crippen LogP contribution < -0.4 is 19.1 Å². The van der Waals surface area contributed by atoms with E-state index in [9.17, 15) is 23.3 Å². The molecule has 40 heavy (non-hydrogen) atoms. The van der Waals surface area contributed by atoms with E-state index in [4.69, 9.17) is 14.2 Å². The third-order valence-corrected chi connectivity index (χ3v) is 6.91. The van der Waals surface area contributed by atoms with E-state index in [2.05, 4.69) is 14.6 Å².